The van der Waals surface area contributed by atoms with Crippen LogP contribution in [0.4, 0.5) is 13.2 Å². The van der Waals surface area contributed by atoms with Crippen LogP contribution in [0.2, 0.25) is 0 Å². The van der Waals surface area contributed by atoms with E-state index < -0.39 is 11.7 Å². The first-order valence-corrected chi connectivity index (χ1v) is 8.82. The molecule has 0 radical (unpaired) electrons. The fraction of sp³-hybridized carbons (Fsp3) is 0.0526. The van der Waals surface area contributed by atoms with E-state index in [1.54, 1.807) is 0 Å². The first-order chi connectivity index (χ1) is 13.5. The van der Waals surface area contributed by atoms with E-state index in [4.69, 9.17) is 0 Å². The number of aromatic amines is 1. The van der Waals surface area contributed by atoms with Crippen LogP contribution in [0, 0.1) is 11.3 Å². The SMILES string of the molecule is N#Cc1cnc(Sc2ccccc2)nc1-c1c[nH]c2ncc(C(F)(F)F)cc12. The van der Waals surface area contributed by atoms with Crippen LogP contribution in [0.3, 0.4) is 0 Å². The molecule has 4 aromatic rings. The lowest BCUT2D eigenvalue weighted by molar-refractivity contribution is -0.137. The van der Waals surface area contributed by atoms with Gasteiger partial charge in [0.1, 0.15) is 11.7 Å². The summed E-state index contributed by atoms with van der Waals surface area (Å²) in [6.07, 6.45) is -0.885. The molecule has 0 fully saturated rings. The number of nitriles is 1. The fourth-order valence-corrected chi connectivity index (χ4v) is 3.40. The third kappa shape index (κ3) is 3.42. The molecule has 0 amide bonds. The van der Waals surface area contributed by atoms with Crippen molar-refractivity contribution in [1.29, 1.82) is 5.26 Å². The summed E-state index contributed by atoms with van der Waals surface area (Å²) in [4.78, 5) is 16.2. The van der Waals surface area contributed by atoms with Crippen LogP contribution in [0.1, 0.15) is 11.1 Å². The van der Waals surface area contributed by atoms with Gasteiger partial charge in [-0.15, -0.1) is 0 Å². The molecule has 1 N–H and O–H groups in total. The molecule has 0 saturated heterocycles. The van der Waals surface area contributed by atoms with E-state index in [9.17, 15) is 18.4 Å². The number of fused-ring (bicyclic) bond motifs is 1. The number of aromatic nitrogens is 4. The number of alkyl halides is 3. The molecule has 0 aliphatic rings. The molecule has 5 nitrogen and oxygen atoms in total. The number of nitrogens with one attached hydrogen (secondary N) is 1. The van der Waals surface area contributed by atoms with Gasteiger partial charge in [0.2, 0.25) is 0 Å². The number of hydrogen-bond acceptors (Lipinski definition) is 5. The minimum Gasteiger partial charge on any atom is -0.345 e. The Labute approximate surface area is 161 Å². The monoisotopic (exact) mass is 397 g/mol. The van der Waals surface area contributed by atoms with Crippen molar-refractivity contribution in [2.24, 2.45) is 0 Å². The van der Waals surface area contributed by atoms with E-state index in [0.29, 0.717) is 10.7 Å². The molecule has 0 aliphatic heterocycles. The van der Waals surface area contributed by atoms with Crippen LogP contribution in [0.25, 0.3) is 22.3 Å². The summed E-state index contributed by atoms with van der Waals surface area (Å²) in [5, 5.41) is 10.0. The van der Waals surface area contributed by atoms with Gasteiger partial charge in [0.25, 0.3) is 0 Å². The van der Waals surface area contributed by atoms with Crippen LogP contribution in [0.15, 0.2) is 65.0 Å². The summed E-state index contributed by atoms with van der Waals surface area (Å²) in [5.74, 6) is 0. The second-order valence-corrected chi connectivity index (χ2v) is 6.80. The number of halogens is 3. The Hall–Kier alpha value is -3.38. The van der Waals surface area contributed by atoms with E-state index >= 15 is 0 Å². The smallest absolute Gasteiger partial charge is 0.345 e. The van der Waals surface area contributed by atoms with Gasteiger partial charge >= 0.3 is 6.18 Å². The largest absolute Gasteiger partial charge is 0.417 e. The van der Waals surface area contributed by atoms with Crippen molar-refractivity contribution in [2.75, 3.05) is 0 Å². The lowest BCUT2D eigenvalue weighted by atomic mass is 10.1. The van der Waals surface area contributed by atoms with Gasteiger partial charge in [-0.05, 0) is 30.0 Å². The highest BCUT2D eigenvalue weighted by Crippen LogP contribution is 2.35. The quantitative estimate of drug-likeness (QED) is 0.489. The van der Waals surface area contributed by atoms with E-state index in [-0.39, 0.29) is 22.3 Å². The number of H-pyrrole nitrogens is 1. The summed E-state index contributed by atoms with van der Waals surface area (Å²) < 4.78 is 39.2. The molecule has 3 aromatic heterocycles. The zero-order valence-corrected chi connectivity index (χ0v) is 14.8. The third-order valence-corrected chi connectivity index (χ3v) is 4.84. The van der Waals surface area contributed by atoms with E-state index in [0.717, 1.165) is 17.2 Å². The van der Waals surface area contributed by atoms with Crippen LogP contribution in [0.5, 0.6) is 0 Å². The topological polar surface area (TPSA) is 78.2 Å². The Morgan fingerprint density at radius 3 is 2.57 bits per heavy atom. The standard InChI is InChI=1S/C19H10F3N5S/c20-19(21,22)12-6-14-15(10-25-17(14)24-9-12)16-11(7-23)8-26-18(27-16)28-13-4-2-1-3-5-13/h1-6,8-10H,(H,24,25). The predicted molar refractivity (Wildman–Crippen MR) is 97.4 cm³/mol. The maximum atomic E-state index is 13.1. The predicted octanol–water partition coefficient (Wildman–Crippen LogP) is 5.06. The van der Waals surface area contributed by atoms with Crippen molar-refractivity contribution in [3.8, 4) is 17.3 Å². The molecule has 0 atom stereocenters. The van der Waals surface area contributed by atoms with Crippen LogP contribution >= 0.6 is 11.8 Å². The van der Waals surface area contributed by atoms with Crippen LogP contribution in [-0.2, 0) is 6.18 Å². The van der Waals surface area contributed by atoms with Gasteiger partial charge in [-0.2, -0.15) is 18.4 Å². The van der Waals surface area contributed by atoms with Gasteiger partial charge in [-0.25, -0.2) is 15.0 Å². The second kappa shape index (κ2) is 6.98. The minimum absolute atomic E-state index is 0.163. The molecule has 0 bridgehead atoms. The average Bonchev–Trinajstić information content (AvgIpc) is 3.11. The van der Waals surface area contributed by atoms with Gasteiger partial charge in [-0.1, -0.05) is 18.2 Å². The van der Waals surface area contributed by atoms with Crippen molar-refractivity contribution in [3.05, 3.63) is 66.1 Å². The zero-order valence-electron chi connectivity index (χ0n) is 14.0. The first kappa shape index (κ1) is 18.0. The molecular formula is C19H10F3N5S. The molecule has 138 valence electrons. The average molecular weight is 397 g/mol. The Balaban J connectivity index is 1.84. The Kier molecular flexibility index (Phi) is 4.49. The highest BCUT2D eigenvalue weighted by molar-refractivity contribution is 7.99. The van der Waals surface area contributed by atoms with Crippen molar-refractivity contribution < 1.29 is 13.2 Å². The lowest BCUT2D eigenvalue weighted by Crippen LogP contribution is -2.05. The van der Waals surface area contributed by atoms with Crippen molar-refractivity contribution in [3.63, 3.8) is 0 Å². The molecule has 3 heterocycles. The summed E-state index contributed by atoms with van der Waals surface area (Å²) >= 11 is 1.29. The van der Waals surface area contributed by atoms with E-state index in [1.165, 1.54) is 24.2 Å². The maximum absolute atomic E-state index is 13.1. The van der Waals surface area contributed by atoms with Gasteiger partial charge < -0.3 is 4.98 Å². The molecule has 28 heavy (non-hydrogen) atoms. The highest BCUT2D eigenvalue weighted by atomic mass is 32.2. The summed E-state index contributed by atoms with van der Waals surface area (Å²) in [6, 6.07) is 12.4. The molecular weight excluding hydrogens is 387 g/mol. The lowest BCUT2D eigenvalue weighted by Gasteiger charge is -2.07. The molecule has 0 saturated carbocycles. The van der Waals surface area contributed by atoms with Crippen molar-refractivity contribution in [2.45, 2.75) is 16.2 Å². The Morgan fingerprint density at radius 1 is 1.07 bits per heavy atom. The fourth-order valence-electron chi connectivity index (χ4n) is 2.65. The number of nitrogens with zero attached hydrogens (tertiary/aromatic N) is 4. The molecule has 4 rings (SSSR count). The summed E-state index contributed by atoms with van der Waals surface area (Å²) in [7, 11) is 0. The Morgan fingerprint density at radius 2 is 1.86 bits per heavy atom. The number of benzene rings is 1. The van der Waals surface area contributed by atoms with Crippen molar-refractivity contribution in [1.82, 2.24) is 19.9 Å². The molecule has 9 heteroatoms. The number of hydrogen-bond donors (Lipinski definition) is 1. The normalized spacial score (nSPS) is 11.5. The van der Waals surface area contributed by atoms with Gasteiger partial charge in [0.15, 0.2) is 5.16 Å². The number of rotatable bonds is 3. The Bertz CT molecular complexity index is 1200. The number of pyridine rings is 1. The second-order valence-electron chi connectivity index (χ2n) is 5.76. The van der Waals surface area contributed by atoms with E-state index in [2.05, 4.69) is 19.9 Å². The molecule has 1 aromatic carbocycles. The summed E-state index contributed by atoms with van der Waals surface area (Å²) in [5.41, 5.74) is 0.191. The molecule has 0 aliphatic carbocycles. The third-order valence-electron chi connectivity index (χ3n) is 3.95. The van der Waals surface area contributed by atoms with E-state index in [1.807, 2.05) is 36.4 Å². The van der Waals surface area contributed by atoms with Gasteiger partial charge in [0, 0.05) is 34.4 Å². The van der Waals surface area contributed by atoms with Crippen molar-refractivity contribution >= 4 is 22.8 Å². The zero-order chi connectivity index (χ0) is 19.7. The highest BCUT2D eigenvalue weighted by Gasteiger charge is 2.31. The molecule has 0 unspecified atom stereocenters. The summed E-state index contributed by atoms with van der Waals surface area (Å²) in [6.45, 7) is 0. The van der Waals surface area contributed by atoms with Gasteiger partial charge in [0.05, 0.1) is 16.8 Å². The first-order valence-electron chi connectivity index (χ1n) is 8.00. The molecule has 0 spiro atoms. The van der Waals surface area contributed by atoms with Crippen LogP contribution in [-0.4, -0.2) is 19.9 Å². The maximum Gasteiger partial charge on any atom is 0.417 e. The van der Waals surface area contributed by atoms with Gasteiger partial charge in [-0.3, -0.25) is 0 Å². The van der Waals surface area contributed by atoms with Crippen LogP contribution < -0.4 is 0 Å². The minimum atomic E-state index is -4.52.